The molecule has 0 saturated heterocycles. The molecule has 0 aliphatic carbocycles. The van der Waals surface area contributed by atoms with Crippen molar-refractivity contribution in [2.24, 2.45) is 0 Å². The van der Waals surface area contributed by atoms with E-state index >= 15 is 0 Å². The van der Waals surface area contributed by atoms with Gasteiger partial charge in [0.2, 0.25) is 5.91 Å². The van der Waals surface area contributed by atoms with Crippen LogP contribution in [-0.4, -0.2) is 33.9 Å². The fourth-order valence-electron chi connectivity index (χ4n) is 1.13. The number of rotatable bonds is 5. The molecule has 6 nitrogen and oxygen atoms in total. The zero-order valence-electron chi connectivity index (χ0n) is 10.2. The van der Waals surface area contributed by atoms with E-state index < -0.39 is 21.7 Å². The van der Waals surface area contributed by atoms with Gasteiger partial charge in [-0.25, -0.2) is 8.42 Å². The topological polar surface area (TPSA) is 89.5 Å². The molecular weight excluding hydrogens is 270 g/mol. The molecule has 7 heteroatoms. The van der Waals surface area contributed by atoms with Gasteiger partial charge in [-0.15, -0.1) is 0 Å². The van der Waals surface area contributed by atoms with E-state index in [0.717, 1.165) is 11.5 Å². The highest BCUT2D eigenvalue weighted by atomic mass is 32.2. The molecule has 102 valence electrons. The van der Waals surface area contributed by atoms with Crippen LogP contribution in [0.5, 0.6) is 0 Å². The van der Waals surface area contributed by atoms with E-state index in [0.29, 0.717) is 0 Å². The molecule has 0 spiro atoms. The Kier molecular flexibility index (Phi) is 5.25. The maximum absolute atomic E-state index is 11.8. The van der Waals surface area contributed by atoms with Crippen LogP contribution in [0.1, 0.15) is 0 Å². The van der Waals surface area contributed by atoms with Crippen LogP contribution in [-0.2, 0) is 24.2 Å². The predicted octanol–water partition coefficient (Wildman–Crippen LogP) is 0.263. The number of carbonyl (C=O) groups excluding carboxylic acids is 2. The van der Waals surface area contributed by atoms with Gasteiger partial charge in [0.15, 0.2) is 9.84 Å². The average Bonchev–Trinajstić information content (AvgIpc) is 2.43. The minimum Gasteiger partial charge on any atom is -0.468 e. The fourth-order valence-corrected chi connectivity index (χ4v) is 2.13. The summed E-state index contributed by atoms with van der Waals surface area (Å²) in [5.41, 5.74) is 0. The molecule has 0 unspecified atom stereocenters. The van der Waals surface area contributed by atoms with Crippen molar-refractivity contribution in [3.63, 3.8) is 0 Å². The van der Waals surface area contributed by atoms with Crippen LogP contribution in [0.4, 0.5) is 0 Å². The third-order valence-corrected chi connectivity index (χ3v) is 3.53. The number of nitrogens with one attached hydrogen (secondary N) is 1. The second kappa shape index (κ2) is 6.69. The average molecular weight is 283 g/mol. The number of amides is 1. The molecule has 1 amide bonds. The van der Waals surface area contributed by atoms with E-state index in [4.69, 9.17) is 0 Å². The van der Waals surface area contributed by atoms with Crippen LogP contribution >= 0.6 is 0 Å². The zero-order valence-corrected chi connectivity index (χ0v) is 11.0. The lowest BCUT2D eigenvalue weighted by Gasteiger charge is -2.00. The summed E-state index contributed by atoms with van der Waals surface area (Å²) >= 11 is 0. The van der Waals surface area contributed by atoms with Crippen LogP contribution in [0, 0.1) is 0 Å². The number of hydrogen-bond acceptors (Lipinski definition) is 5. The molecule has 0 aromatic heterocycles. The lowest BCUT2D eigenvalue weighted by Crippen LogP contribution is -2.28. The van der Waals surface area contributed by atoms with Gasteiger partial charge in [-0.1, -0.05) is 18.2 Å². The van der Waals surface area contributed by atoms with E-state index in [9.17, 15) is 18.0 Å². The van der Waals surface area contributed by atoms with E-state index in [2.05, 4.69) is 10.1 Å². The lowest BCUT2D eigenvalue weighted by atomic mass is 10.4. The quantitative estimate of drug-likeness (QED) is 0.618. The molecule has 0 heterocycles. The van der Waals surface area contributed by atoms with Crippen LogP contribution in [0.2, 0.25) is 0 Å². The van der Waals surface area contributed by atoms with E-state index in [-0.39, 0.29) is 11.4 Å². The third kappa shape index (κ3) is 4.92. The van der Waals surface area contributed by atoms with Gasteiger partial charge in [-0.2, -0.15) is 0 Å². The van der Waals surface area contributed by atoms with Crippen LogP contribution in [0.15, 0.2) is 46.7 Å². The summed E-state index contributed by atoms with van der Waals surface area (Å²) in [7, 11) is -2.47. The number of benzene rings is 1. The second-order valence-corrected chi connectivity index (χ2v) is 5.29. The minimum atomic E-state index is -3.66. The maximum Gasteiger partial charge on any atom is 0.325 e. The van der Waals surface area contributed by atoms with Crippen LogP contribution in [0.3, 0.4) is 0 Å². The number of sulfone groups is 1. The zero-order chi connectivity index (χ0) is 14.3. The third-order valence-electron chi connectivity index (χ3n) is 2.10. The number of hydrogen-bond donors (Lipinski definition) is 1. The molecule has 0 atom stereocenters. The van der Waals surface area contributed by atoms with Crippen molar-refractivity contribution in [2.75, 3.05) is 13.7 Å². The molecule has 0 fully saturated rings. The minimum absolute atomic E-state index is 0.0898. The van der Waals surface area contributed by atoms with E-state index in [1.54, 1.807) is 18.2 Å². The Morgan fingerprint density at radius 3 is 2.47 bits per heavy atom. The fraction of sp³-hybridized carbons (Fsp3) is 0.167. The van der Waals surface area contributed by atoms with Crippen molar-refractivity contribution in [1.29, 1.82) is 0 Å². The van der Waals surface area contributed by atoms with Crippen molar-refractivity contribution in [1.82, 2.24) is 5.32 Å². The predicted molar refractivity (Wildman–Crippen MR) is 67.8 cm³/mol. The van der Waals surface area contributed by atoms with Gasteiger partial charge in [0.05, 0.1) is 12.0 Å². The number of esters is 1. The van der Waals surface area contributed by atoms with Gasteiger partial charge < -0.3 is 10.1 Å². The maximum atomic E-state index is 11.8. The molecule has 1 N–H and O–H groups in total. The van der Waals surface area contributed by atoms with E-state index in [1.807, 2.05) is 0 Å². The molecule has 1 rings (SSSR count). The first-order valence-electron chi connectivity index (χ1n) is 5.28. The molecule has 0 aliphatic rings. The van der Waals surface area contributed by atoms with Gasteiger partial charge >= 0.3 is 5.97 Å². The first kappa shape index (κ1) is 14.9. The van der Waals surface area contributed by atoms with Crippen molar-refractivity contribution in [3.05, 3.63) is 41.8 Å². The molecule has 19 heavy (non-hydrogen) atoms. The first-order chi connectivity index (χ1) is 8.95. The van der Waals surface area contributed by atoms with Gasteiger partial charge in [0.25, 0.3) is 0 Å². The number of carbonyl (C=O) groups is 2. The highest BCUT2D eigenvalue weighted by molar-refractivity contribution is 7.94. The molecular formula is C12H13NO5S. The Morgan fingerprint density at radius 2 is 1.89 bits per heavy atom. The second-order valence-electron chi connectivity index (χ2n) is 3.45. The SMILES string of the molecule is COC(=O)CNC(=O)/C=C/S(=O)(=O)c1ccccc1. The Morgan fingerprint density at radius 1 is 1.26 bits per heavy atom. The Hall–Kier alpha value is -2.15. The molecule has 0 saturated carbocycles. The summed E-state index contributed by atoms with van der Waals surface area (Å²) in [4.78, 5) is 22.1. The summed E-state index contributed by atoms with van der Waals surface area (Å²) in [5, 5.41) is 2.98. The summed E-state index contributed by atoms with van der Waals surface area (Å²) in [6.07, 6.45) is 0.852. The number of methoxy groups -OCH3 is 1. The Bertz CT molecular complexity index is 577. The normalized spacial score (nSPS) is 11.2. The molecule has 0 radical (unpaired) electrons. The largest absolute Gasteiger partial charge is 0.468 e. The molecule has 1 aromatic carbocycles. The summed E-state index contributed by atoms with van der Waals surface area (Å²) in [6.45, 7) is -0.314. The van der Waals surface area contributed by atoms with Gasteiger partial charge in [0, 0.05) is 11.5 Å². The highest BCUT2D eigenvalue weighted by Crippen LogP contribution is 2.10. The molecule has 0 bridgehead atoms. The Labute approximate surface area is 111 Å². The van der Waals surface area contributed by atoms with Crippen molar-refractivity contribution >= 4 is 21.7 Å². The van der Waals surface area contributed by atoms with Crippen molar-refractivity contribution < 1.29 is 22.7 Å². The van der Waals surface area contributed by atoms with Gasteiger partial charge in [0.1, 0.15) is 6.54 Å². The molecule has 0 aliphatic heterocycles. The Balaban J connectivity index is 2.66. The lowest BCUT2D eigenvalue weighted by molar-refractivity contribution is -0.140. The monoisotopic (exact) mass is 283 g/mol. The summed E-state index contributed by atoms with van der Waals surface area (Å²) in [6, 6.07) is 7.69. The highest BCUT2D eigenvalue weighted by Gasteiger charge is 2.10. The van der Waals surface area contributed by atoms with Gasteiger partial charge in [-0.3, -0.25) is 9.59 Å². The summed E-state index contributed by atoms with van der Waals surface area (Å²) in [5.74, 6) is -1.31. The van der Waals surface area contributed by atoms with Crippen LogP contribution < -0.4 is 5.32 Å². The standard InChI is InChI=1S/C12H13NO5S/c1-18-12(15)9-13-11(14)7-8-19(16,17)10-5-3-2-4-6-10/h2-8H,9H2,1H3,(H,13,14)/b8-7+. The smallest absolute Gasteiger partial charge is 0.325 e. The van der Waals surface area contributed by atoms with Crippen LogP contribution in [0.25, 0.3) is 0 Å². The van der Waals surface area contributed by atoms with Crippen molar-refractivity contribution in [2.45, 2.75) is 4.90 Å². The number of ether oxygens (including phenoxy) is 1. The molecule has 1 aromatic rings. The van der Waals surface area contributed by atoms with E-state index in [1.165, 1.54) is 19.2 Å². The van der Waals surface area contributed by atoms with Crippen molar-refractivity contribution in [3.8, 4) is 0 Å². The summed E-state index contributed by atoms with van der Waals surface area (Å²) < 4.78 is 27.9. The first-order valence-corrected chi connectivity index (χ1v) is 6.83. The van der Waals surface area contributed by atoms with Gasteiger partial charge in [-0.05, 0) is 12.1 Å².